The van der Waals surface area contributed by atoms with Gasteiger partial charge in [-0.25, -0.2) is 0 Å². The van der Waals surface area contributed by atoms with Crippen LogP contribution in [0.4, 0.5) is 0 Å². The van der Waals surface area contributed by atoms with Gasteiger partial charge < -0.3 is 10.5 Å². The summed E-state index contributed by atoms with van der Waals surface area (Å²) in [5.74, 6) is -0.155. The standard InChI is InChI=1S/C9H15NO2/c1-2-12-8(11)9(7-10)5-3-4-6-9/h3-4H,2,5-7,10H2,1H3. The number of hydrogen-bond donors (Lipinski definition) is 1. The van der Waals surface area contributed by atoms with Crippen molar-refractivity contribution in [3.63, 3.8) is 0 Å². The molecular weight excluding hydrogens is 154 g/mol. The minimum absolute atomic E-state index is 0.155. The topological polar surface area (TPSA) is 52.3 Å². The maximum absolute atomic E-state index is 11.5. The van der Waals surface area contributed by atoms with Gasteiger partial charge >= 0.3 is 5.97 Å². The molecule has 0 aromatic carbocycles. The van der Waals surface area contributed by atoms with Gasteiger partial charge in [0.05, 0.1) is 12.0 Å². The normalized spacial score (nSPS) is 19.5. The van der Waals surface area contributed by atoms with Gasteiger partial charge in [0.25, 0.3) is 0 Å². The molecule has 0 aromatic heterocycles. The molecule has 0 aliphatic heterocycles. The van der Waals surface area contributed by atoms with E-state index in [-0.39, 0.29) is 5.97 Å². The SMILES string of the molecule is CCOC(=O)C1(CN)CC=CC1. The summed E-state index contributed by atoms with van der Waals surface area (Å²) in [6.07, 6.45) is 5.43. The van der Waals surface area contributed by atoms with Crippen molar-refractivity contribution in [3.8, 4) is 0 Å². The van der Waals surface area contributed by atoms with E-state index in [1.807, 2.05) is 19.1 Å². The van der Waals surface area contributed by atoms with Gasteiger partial charge in [-0.15, -0.1) is 0 Å². The number of ether oxygens (including phenoxy) is 1. The molecule has 12 heavy (non-hydrogen) atoms. The molecule has 0 aromatic rings. The Morgan fingerprint density at radius 1 is 1.58 bits per heavy atom. The number of nitrogens with two attached hydrogens (primary N) is 1. The van der Waals surface area contributed by atoms with E-state index in [0.717, 1.165) is 12.8 Å². The fraction of sp³-hybridized carbons (Fsp3) is 0.667. The van der Waals surface area contributed by atoms with Crippen molar-refractivity contribution in [2.45, 2.75) is 19.8 Å². The molecule has 0 fully saturated rings. The Morgan fingerprint density at radius 3 is 2.58 bits per heavy atom. The lowest BCUT2D eigenvalue weighted by Gasteiger charge is -2.23. The van der Waals surface area contributed by atoms with E-state index in [9.17, 15) is 4.79 Å². The van der Waals surface area contributed by atoms with Crippen LogP contribution in [0.15, 0.2) is 12.2 Å². The number of allylic oxidation sites excluding steroid dienone is 2. The van der Waals surface area contributed by atoms with Crippen molar-refractivity contribution in [1.82, 2.24) is 0 Å². The zero-order chi connectivity index (χ0) is 9.03. The first-order chi connectivity index (χ1) is 5.75. The summed E-state index contributed by atoms with van der Waals surface area (Å²) >= 11 is 0. The second-order valence-electron chi connectivity index (χ2n) is 3.08. The fourth-order valence-electron chi connectivity index (χ4n) is 1.40. The van der Waals surface area contributed by atoms with E-state index in [1.165, 1.54) is 0 Å². The summed E-state index contributed by atoms with van der Waals surface area (Å²) in [6.45, 7) is 2.61. The van der Waals surface area contributed by atoms with E-state index in [1.54, 1.807) is 0 Å². The molecule has 3 heteroatoms. The summed E-state index contributed by atoms with van der Waals surface area (Å²) in [7, 11) is 0. The third kappa shape index (κ3) is 1.50. The number of hydrogen-bond acceptors (Lipinski definition) is 3. The molecule has 1 aliphatic rings. The van der Waals surface area contributed by atoms with Crippen molar-refractivity contribution < 1.29 is 9.53 Å². The maximum atomic E-state index is 11.5. The van der Waals surface area contributed by atoms with Crippen LogP contribution in [0, 0.1) is 5.41 Å². The van der Waals surface area contributed by atoms with Gasteiger partial charge in [0, 0.05) is 6.54 Å². The molecule has 3 nitrogen and oxygen atoms in total. The molecule has 0 atom stereocenters. The molecule has 2 N–H and O–H groups in total. The second-order valence-corrected chi connectivity index (χ2v) is 3.08. The highest BCUT2D eigenvalue weighted by molar-refractivity contribution is 5.78. The van der Waals surface area contributed by atoms with Crippen molar-refractivity contribution in [2.24, 2.45) is 11.1 Å². The van der Waals surface area contributed by atoms with Crippen LogP contribution in [0.5, 0.6) is 0 Å². The molecule has 0 amide bonds. The Hall–Kier alpha value is -0.830. The molecule has 0 unspecified atom stereocenters. The first-order valence-corrected chi connectivity index (χ1v) is 4.27. The molecule has 0 saturated carbocycles. The van der Waals surface area contributed by atoms with Crippen molar-refractivity contribution in [3.05, 3.63) is 12.2 Å². The van der Waals surface area contributed by atoms with Crippen LogP contribution >= 0.6 is 0 Å². The summed E-state index contributed by atoms with van der Waals surface area (Å²) < 4.78 is 4.96. The van der Waals surface area contributed by atoms with Crippen LogP contribution in [0.2, 0.25) is 0 Å². The lowest BCUT2D eigenvalue weighted by atomic mass is 9.86. The van der Waals surface area contributed by atoms with Crippen molar-refractivity contribution in [1.29, 1.82) is 0 Å². The van der Waals surface area contributed by atoms with Gasteiger partial charge in [0.1, 0.15) is 0 Å². The second kappa shape index (κ2) is 3.72. The molecule has 1 aliphatic carbocycles. The first-order valence-electron chi connectivity index (χ1n) is 4.27. The highest BCUT2D eigenvalue weighted by atomic mass is 16.5. The molecule has 0 saturated heterocycles. The Kier molecular flexibility index (Phi) is 2.87. The van der Waals surface area contributed by atoms with E-state index in [0.29, 0.717) is 13.2 Å². The molecular formula is C9H15NO2. The van der Waals surface area contributed by atoms with Gasteiger partial charge in [-0.2, -0.15) is 0 Å². The van der Waals surface area contributed by atoms with Crippen LogP contribution < -0.4 is 5.73 Å². The maximum Gasteiger partial charge on any atom is 0.313 e. The largest absolute Gasteiger partial charge is 0.466 e. The number of esters is 1. The van der Waals surface area contributed by atoms with Crippen LogP contribution in [-0.2, 0) is 9.53 Å². The predicted octanol–water partition coefficient (Wildman–Crippen LogP) is 0.845. The van der Waals surface area contributed by atoms with Crippen LogP contribution in [-0.4, -0.2) is 19.1 Å². The number of rotatable bonds is 3. The minimum atomic E-state index is -0.448. The molecule has 0 radical (unpaired) electrons. The smallest absolute Gasteiger partial charge is 0.313 e. The quantitative estimate of drug-likeness (QED) is 0.503. The van der Waals surface area contributed by atoms with Crippen LogP contribution in [0.1, 0.15) is 19.8 Å². The lowest BCUT2D eigenvalue weighted by molar-refractivity contribution is -0.154. The molecule has 0 heterocycles. The van der Waals surface area contributed by atoms with E-state index in [2.05, 4.69) is 0 Å². The third-order valence-corrected chi connectivity index (χ3v) is 2.28. The fourth-order valence-corrected chi connectivity index (χ4v) is 1.40. The Bertz CT molecular complexity index is 191. The predicted molar refractivity (Wildman–Crippen MR) is 46.5 cm³/mol. The Balaban J connectivity index is 2.61. The zero-order valence-corrected chi connectivity index (χ0v) is 7.38. The van der Waals surface area contributed by atoms with E-state index < -0.39 is 5.41 Å². The van der Waals surface area contributed by atoms with E-state index >= 15 is 0 Å². The van der Waals surface area contributed by atoms with Crippen molar-refractivity contribution >= 4 is 5.97 Å². The summed E-state index contributed by atoms with van der Waals surface area (Å²) in [6, 6.07) is 0. The van der Waals surface area contributed by atoms with E-state index in [4.69, 9.17) is 10.5 Å². The third-order valence-electron chi connectivity index (χ3n) is 2.28. The molecule has 0 spiro atoms. The van der Waals surface area contributed by atoms with Gasteiger partial charge in [-0.3, -0.25) is 4.79 Å². The summed E-state index contributed by atoms with van der Waals surface area (Å²) in [5.41, 5.74) is 5.11. The van der Waals surface area contributed by atoms with Gasteiger partial charge in [0.15, 0.2) is 0 Å². The Morgan fingerprint density at radius 2 is 2.17 bits per heavy atom. The summed E-state index contributed by atoms with van der Waals surface area (Å²) in [5, 5.41) is 0. The average molecular weight is 169 g/mol. The summed E-state index contributed by atoms with van der Waals surface area (Å²) in [4.78, 5) is 11.5. The zero-order valence-electron chi connectivity index (χ0n) is 7.38. The van der Waals surface area contributed by atoms with Crippen LogP contribution in [0.25, 0.3) is 0 Å². The lowest BCUT2D eigenvalue weighted by Crippen LogP contribution is -2.37. The first kappa shape index (κ1) is 9.26. The highest BCUT2D eigenvalue weighted by Crippen LogP contribution is 2.33. The molecule has 1 rings (SSSR count). The Labute approximate surface area is 72.6 Å². The molecule has 68 valence electrons. The minimum Gasteiger partial charge on any atom is -0.466 e. The number of carbonyl (C=O) groups excluding carboxylic acids is 1. The van der Waals surface area contributed by atoms with Crippen LogP contribution in [0.3, 0.4) is 0 Å². The van der Waals surface area contributed by atoms with Gasteiger partial charge in [-0.1, -0.05) is 12.2 Å². The average Bonchev–Trinajstić information content (AvgIpc) is 2.54. The molecule has 0 bridgehead atoms. The van der Waals surface area contributed by atoms with Gasteiger partial charge in [0.2, 0.25) is 0 Å². The monoisotopic (exact) mass is 169 g/mol. The van der Waals surface area contributed by atoms with Crippen molar-refractivity contribution in [2.75, 3.05) is 13.2 Å². The van der Waals surface area contributed by atoms with Gasteiger partial charge in [-0.05, 0) is 19.8 Å². The highest BCUT2D eigenvalue weighted by Gasteiger charge is 2.38. The number of carbonyl (C=O) groups is 1.